The van der Waals surface area contributed by atoms with Crippen molar-refractivity contribution in [3.05, 3.63) is 15.6 Å². The van der Waals surface area contributed by atoms with Crippen molar-refractivity contribution in [2.75, 3.05) is 13.6 Å². The van der Waals surface area contributed by atoms with E-state index in [1.807, 2.05) is 7.05 Å². The molecule has 0 amide bonds. The molecule has 4 nitrogen and oxygen atoms in total. The average molecular weight is 212 g/mol. The second-order valence-electron chi connectivity index (χ2n) is 3.54. The summed E-state index contributed by atoms with van der Waals surface area (Å²) in [6.07, 6.45) is 0.861. The number of thiazole rings is 1. The van der Waals surface area contributed by atoms with Crippen LogP contribution in [0.1, 0.15) is 33.3 Å². The molecule has 0 radical (unpaired) electrons. The molecule has 1 aliphatic heterocycles. The van der Waals surface area contributed by atoms with Crippen molar-refractivity contribution < 1.29 is 9.90 Å². The molecule has 5 heteroatoms. The van der Waals surface area contributed by atoms with E-state index < -0.39 is 5.97 Å². The summed E-state index contributed by atoms with van der Waals surface area (Å²) in [6, 6.07) is 0.296. The molecule has 14 heavy (non-hydrogen) atoms. The number of carbonyl (C=O) groups is 1. The Kier molecular flexibility index (Phi) is 2.28. The summed E-state index contributed by atoms with van der Waals surface area (Å²) in [5.74, 6) is -0.917. The number of carboxylic acid groups (broad SMARTS) is 1. The van der Waals surface area contributed by atoms with E-state index in [9.17, 15) is 4.79 Å². The quantitative estimate of drug-likeness (QED) is 0.764. The van der Waals surface area contributed by atoms with Gasteiger partial charge in [-0.15, -0.1) is 11.3 Å². The molecule has 0 bridgehead atoms. The van der Waals surface area contributed by atoms with Crippen molar-refractivity contribution in [3.8, 4) is 0 Å². The van der Waals surface area contributed by atoms with Crippen molar-refractivity contribution in [2.24, 2.45) is 0 Å². The van der Waals surface area contributed by atoms with Gasteiger partial charge in [-0.1, -0.05) is 0 Å². The summed E-state index contributed by atoms with van der Waals surface area (Å²) in [4.78, 5) is 18.2. The van der Waals surface area contributed by atoms with Crippen LogP contribution in [-0.2, 0) is 6.42 Å². The highest BCUT2D eigenvalue weighted by Gasteiger charge is 2.26. The molecule has 1 N–H and O–H groups in total. The third-order valence-electron chi connectivity index (χ3n) is 2.65. The minimum absolute atomic E-state index is 0.220. The van der Waals surface area contributed by atoms with Crippen LogP contribution in [0.15, 0.2) is 0 Å². The van der Waals surface area contributed by atoms with Crippen LogP contribution in [0.2, 0.25) is 0 Å². The van der Waals surface area contributed by atoms with Crippen molar-refractivity contribution in [1.29, 1.82) is 0 Å². The standard InChI is InChI=1S/C9H12N2O2S/c1-5-7-6(3-4-11(5)2)10-8(14-7)9(12)13/h5H,3-4H2,1-2H3,(H,12,13)/t5-/m0/s1. The molecule has 0 fully saturated rings. The summed E-state index contributed by atoms with van der Waals surface area (Å²) < 4.78 is 0. The maximum atomic E-state index is 10.7. The Hall–Kier alpha value is -0.940. The highest BCUT2D eigenvalue weighted by Crippen LogP contribution is 2.32. The number of hydrogen-bond donors (Lipinski definition) is 1. The molecule has 1 aromatic heterocycles. The van der Waals surface area contributed by atoms with E-state index in [2.05, 4.69) is 16.8 Å². The number of carboxylic acids is 1. The smallest absolute Gasteiger partial charge is 0.365 e. The van der Waals surface area contributed by atoms with E-state index in [-0.39, 0.29) is 5.01 Å². The summed E-state index contributed by atoms with van der Waals surface area (Å²) in [7, 11) is 2.05. The SMILES string of the molecule is C[C@H]1c2sc(C(=O)O)nc2CCN1C. The van der Waals surface area contributed by atoms with Gasteiger partial charge in [-0.25, -0.2) is 9.78 Å². The first kappa shape index (κ1) is 9.61. The number of aromatic carboxylic acids is 1. The number of fused-ring (bicyclic) bond motifs is 1. The molecule has 0 aromatic carbocycles. The molecule has 1 atom stereocenters. The zero-order valence-corrected chi connectivity index (χ0v) is 8.97. The van der Waals surface area contributed by atoms with Crippen LogP contribution in [0.3, 0.4) is 0 Å². The Morgan fingerprint density at radius 1 is 1.71 bits per heavy atom. The minimum atomic E-state index is -0.917. The van der Waals surface area contributed by atoms with Crippen LogP contribution in [0, 0.1) is 0 Å². The van der Waals surface area contributed by atoms with Crippen LogP contribution >= 0.6 is 11.3 Å². The monoisotopic (exact) mass is 212 g/mol. The van der Waals surface area contributed by atoms with Gasteiger partial charge in [0, 0.05) is 23.9 Å². The average Bonchev–Trinajstić information content (AvgIpc) is 2.56. The van der Waals surface area contributed by atoms with Crippen molar-refractivity contribution in [1.82, 2.24) is 9.88 Å². The Morgan fingerprint density at radius 3 is 3.07 bits per heavy atom. The molecule has 0 aliphatic carbocycles. The maximum absolute atomic E-state index is 10.7. The normalized spacial score (nSPS) is 22.0. The fraction of sp³-hybridized carbons (Fsp3) is 0.556. The Labute approximate surface area is 86.2 Å². The summed E-state index contributed by atoms with van der Waals surface area (Å²) in [6.45, 7) is 3.04. The van der Waals surface area contributed by atoms with Crippen LogP contribution < -0.4 is 0 Å². The van der Waals surface area contributed by atoms with E-state index in [0.29, 0.717) is 6.04 Å². The number of likely N-dealkylation sites (N-methyl/N-ethyl adjacent to an activating group) is 1. The number of aromatic nitrogens is 1. The molecular weight excluding hydrogens is 200 g/mol. The molecule has 0 unspecified atom stereocenters. The summed E-state index contributed by atoms with van der Waals surface area (Å²) in [5, 5.41) is 9.04. The van der Waals surface area contributed by atoms with E-state index in [0.717, 1.165) is 23.5 Å². The molecule has 2 heterocycles. The predicted octanol–water partition coefficient (Wildman–Crippen LogP) is 1.39. The minimum Gasteiger partial charge on any atom is -0.476 e. The first-order chi connectivity index (χ1) is 6.59. The van der Waals surface area contributed by atoms with Crippen LogP contribution in [0.5, 0.6) is 0 Å². The topological polar surface area (TPSA) is 53.4 Å². The van der Waals surface area contributed by atoms with Gasteiger partial charge in [0.2, 0.25) is 5.01 Å². The molecular formula is C9H12N2O2S. The summed E-state index contributed by atoms with van der Waals surface area (Å²) in [5.41, 5.74) is 0.970. The highest BCUT2D eigenvalue weighted by molar-refractivity contribution is 7.13. The fourth-order valence-corrected chi connectivity index (χ4v) is 2.70. The lowest BCUT2D eigenvalue weighted by molar-refractivity contribution is 0.0696. The Morgan fingerprint density at radius 2 is 2.43 bits per heavy atom. The van der Waals surface area contributed by atoms with Gasteiger partial charge in [0.15, 0.2) is 0 Å². The Balaban J connectivity index is 2.41. The lowest BCUT2D eigenvalue weighted by atomic mass is 10.1. The molecule has 1 aliphatic rings. The third-order valence-corrected chi connectivity index (χ3v) is 3.91. The molecule has 1 aromatic rings. The Bertz CT molecular complexity index is 375. The second-order valence-corrected chi connectivity index (χ2v) is 4.57. The highest BCUT2D eigenvalue weighted by atomic mass is 32.1. The van der Waals surface area contributed by atoms with Gasteiger partial charge in [0.25, 0.3) is 0 Å². The van der Waals surface area contributed by atoms with Gasteiger partial charge in [-0.3, -0.25) is 4.90 Å². The molecule has 0 saturated heterocycles. The number of hydrogen-bond acceptors (Lipinski definition) is 4. The largest absolute Gasteiger partial charge is 0.476 e. The van der Waals surface area contributed by atoms with Crippen molar-refractivity contribution >= 4 is 17.3 Å². The van der Waals surface area contributed by atoms with Crippen molar-refractivity contribution in [2.45, 2.75) is 19.4 Å². The first-order valence-electron chi connectivity index (χ1n) is 4.52. The summed E-state index contributed by atoms with van der Waals surface area (Å²) >= 11 is 1.30. The van der Waals surface area contributed by atoms with Crippen LogP contribution in [0.25, 0.3) is 0 Å². The first-order valence-corrected chi connectivity index (χ1v) is 5.34. The number of nitrogens with zero attached hydrogens (tertiary/aromatic N) is 2. The zero-order chi connectivity index (χ0) is 10.3. The van der Waals surface area contributed by atoms with Gasteiger partial charge >= 0.3 is 5.97 Å². The van der Waals surface area contributed by atoms with Gasteiger partial charge in [-0.2, -0.15) is 0 Å². The van der Waals surface area contributed by atoms with Gasteiger partial charge in [0.05, 0.1) is 5.69 Å². The van der Waals surface area contributed by atoms with Gasteiger partial charge < -0.3 is 5.11 Å². The third kappa shape index (κ3) is 1.42. The lowest BCUT2D eigenvalue weighted by Gasteiger charge is -2.28. The van der Waals surface area contributed by atoms with Crippen LogP contribution in [0.4, 0.5) is 0 Å². The van der Waals surface area contributed by atoms with E-state index in [1.54, 1.807) is 0 Å². The maximum Gasteiger partial charge on any atom is 0.365 e. The zero-order valence-electron chi connectivity index (χ0n) is 8.15. The number of rotatable bonds is 1. The van der Waals surface area contributed by atoms with E-state index >= 15 is 0 Å². The molecule has 0 spiro atoms. The molecule has 2 rings (SSSR count). The van der Waals surface area contributed by atoms with Crippen LogP contribution in [-0.4, -0.2) is 34.6 Å². The second kappa shape index (κ2) is 3.33. The van der Waals surface area contributed by atoms with E-state index in [1.165, 1.54) is 11.3 Å². The van der Waals surface area contributed by atoms with Gasteiger partial charge in [-0.05, 0) is 14.0 Å². The molecule has 76 valence electrons. The van der Waals surface area contributed by atoms with Crippen molar-refractivity contribution in [3.63, 3.8) is 0 Å². The van der Waals surface area contributed by atoms with Gasteiger partial charge in [0.1, 0.15) is 0 Å². The van der Waals surface area contributed by atoms with E-state index in [4.69, 9.17) is 5.11 Å². The fourth-order valence-electron chi connectivity index (χ4n) is 1.64. The molecule has 0 saturated carbocycles. The predicted molar refractivity (Wildman–Crippen MR) is 53.8 cm³/mol. The lowest BCUT2D eigenvalue weighted by Crippen LogP contribution is -2.29.